The Kier molecular flexibility index (Phi) is 7.28. The summed E-state index contributed by atoms with van der Waals surface area (Å²) in [4.78, 5) is 6.84. The van der Waals surface area contributed by atoms with Gasteiger partial charge in [-0.15, -0.1) is 0 Å². The molecule has 1 fully saturated rings. The molecule has 3 rings (SSSR count). The van der Waals surface area contributed by atoms with Crippen molar-refractivity contribution >= 4 is 11.6 Å². The van der Waals surface area contributed by atoms with E-state index in [2.05, 4.69) is 39.5 Å². The van der Waals surface area contributed by atoms with Crippen molar-refractivity contribution in [1.29, 1.82) is 0 Å². The predicted octanol–water partition coefficient (Wildman–Crippen LogP) is 3.23. The molecule has 1 saturated heterocycles. The molecule has 2 aromatic carbocycles. The van der Waals surface area contributed by atoms with Crippen molar-refractivity contribution in [2.45, 2.75) is 33.0 Å². The average molecular weight is 383 g/mol. The SMILES string of the molecule is CC(C)Oc1ccc(NC(N)=NCc2ccc(CN3CCOCC3)cc2)cc1. The topological polar surface area (TPSA) is 72.1 Å². The Bertz CT molecular complexity index is 751. The number of ether oxygens (including phenoxy) is 2. The van der Waals surface area contributed by atoms with Crippen LogP contribution in [0, 0.1) is 0 Å². The lowest BCUT2D eigenvalue weighted by Crippen LogP contribution is -2.35. The molecule has 0 saturated carbocycles. The van der Waals surface area contributed by atoms with Crippen molar-refractivity contribution in [2.75, 3.05) is 31.6 Å². The highest BCUT2D eigenvalue weighted by Gasteiger charge is 2.10. The fourth-order valence-corrected chi connectivity index (χ4v) is 3.02. The Morgan fingerprint density at radius 1 is 1.07 bits per heavy atom. The summed E-state index contributed by atoms with van der Waals surface area (Å²) in [7, 11) is 0. The van der Waals surface area contributed by atoms with Crippen molar-refractivity contribution in [3.63, 3.8) is 0 Å². The lowest BCUT2D eigenvalue weighted by molar-refractivity contribution is 0.0342. The summed E-state index contributed by atoms with van der Waals surface area (Å²) in [6, 6.07) is 16.3. The van der Waals surface area contributed by atoms with Gasteiger partial charge in [-0.3, -0.25) is 4.90 Å². The van der Waals surface area contributed by atoms with Gasteiger partial charge in [0.2, 0.25) is 0 Å². The molecular weight excluding hydrogens is 352 g/mol. The number of hydrogen-bond acceptors (Lipinski definition) is 4. The summed E-state index contributed by atoms with van der Waals surface area (Å²) in [5.74, 6) is 1.24. The number of rotatable bonds is 7. The zero-order valence-corrected chi connectivity index (χ0v) is 16.7. The minimum absolute atomic E-state index is 0.158. The molecule has 0 unspecified atom stereocenters. The van der Waals surface area contributed by atoms with E-state index in [4.69, 9.17) is 15.2 Å². The Labute approximate surface area is 167 Å². The van der Waals surface area contributed by atoms with Crippen LogP contribution < -0.4 is 15.8 Å². The van der Waals surface area contributed by atoms with Crippen LogP contribution >= 0.6 is 0 Å². The van der Waals surface area contributed by atoms with E-state index in [0.29, 0.717) is 12.5 Å². The summed E-state index contributed by atoms with van der Waals surface area (Å²) in [5.41, 5.74) is 9.35. The third kappa shape index (κ3) is 6.55. The maximum Gasteiger partial charge on any atom is 0.193 e. The maximum absolute atomic E-state index is 6.02. The number of nitrogens with two attached hydrogens (primary N) is 1. The van der Waals surface area contributed by atoms with Crippen LogP contribution in [-0.2, 0) is 17.8 Å². The zero-order valence-electron chi connectivity index (χ0n) is 16.7. The van der Waals surface area contributed by atoms with E-state index in [1.807, 2.05) is 38.1 Å². The highest BCUT2D eigenvalue weighted by Crippen LogP contribution is 2.17. The molecule has 0 radical (unpaired) electrons. The van der Waals surface area contributed by atoms with Crippen LogP contribution in [0.25, 0.3) is 0 Å². The van der Waals surface area contributed by atoms with Crippen molar-refractivity contribution < 1.29 is 9.47 Å². The molecule has 0 aliphatic carbocycles. The van der Waals surface area contributed by atoms with Gasteiger partial charge in [-0.25, -0.2) is 4.99 Å². The monoisotopic (exact) mass is 382 g/mol. The Morgan fingerprint density at radius 3 is 2.36 bits per heavy atom. The smallest absolute Gasteiger partial charge is 0.193 e. The summed E-state index contributed by atoms with van der Waals surface area (Å²) >= 11 is 0. The van der Waals surface area contributed by atoms with Crippen LogP contribution in [0.5, 0.6) is 5.75 Å². The van der Waals surface area contributed by atoms with Crippen molar-refractivity contribution in [2.24, 2.45) is 10.7 Å². The van der Waals surface area contributed by atoms with E-state index in [0.717, 1.165) is 49.8 Å². The summed E-state index contributed by atoms with van der Waals surface area (Å²) in [6.45, 7) is 9.17. The number of hydrogen-bond donors (Lipinski definition) is 2. The molecule has 3 N–H and O–H groups in total. The van der Waals surface area contributed by atoms with E-state index >= 15 is 0 Å². The Morgan fingerprint density at radius 2 is 1.71 bits per heavy atom. The molecule has 0 spiro atoms. The molecule has 0 aromatic heterocycles. The molecule has 1 heterocycles. The second-order valence-electron chi connectivity index (χ2n) is 7.22. The van der Waals surface area contributed by atoms with Crippen LogP contribution in [0.2, 0.25) is 0 Å². The van der Waals surface area contributed by atoms with Crippen molar-refractivity contribution in [1.82, 2.24) is 4.90 Å². The Hall–Kier alpha value is -2.57. The summed E-state index contributed by atoms with van der Waals surface area (Å²) in [6.07, 6.45) is 0.158. The third-order valence-corrected chi connectivity index (χ3v) is 4.46. The van der Waals surface area contributed by atoms with Crippen LogP contribution in [0.3, 0.4) is 0 Å². The fourth-order valence-electron chi connectivity index (χ4n) is 3.02. The molecule has 0 atom stereocenters. The number of anilines is 1. The van der Waals surface area contributed by atoms with Gasteiger partial charge in [0.15, 0.2) is 5.96 Å². The Balaban J connectivity index is 1.48. The van der Waals surface area contributed by atoms with Gasteiger partial charge in [0.1, 0.15) is 5.75 Å². The van der Waals surface area contributed by atoms with E-state index in [1.165, 1.54) is 5.56 Å². The normalized spacial score (nSPS) is 15.6. The average Bonchev–Trinajstić information content (AvgIpc) is 2.69. The zero-order chi connectivity index (χ0) is 19.8. The molecule has 1 aliphatic heterocycles. The summed E-state index contributed by atoms with van der Waals surface area (Å²) < 4.78 is 11.0. The van der Waals surface area contributed by atoms with Gasteiger partial charge in [0.25, 0.3) is 0 Å². The van der Waals surface area contributed by atoms with Gasteiger partial charge in [-0.05, 0) is 49.2 Å². The number of guanidine groups is 1. The number of benzene rings is 2. The number of aliphatic imine (C=N–C) groups is 1. The van der Waals surface area contributed by atoms with Gasteiger partial charge in [0, 0.05) is 25.3 Å². The first kappa shape index (κ1) is 20.2. The largest absolute Gasteiger partial charge is 0.491 e. The first-order valence-electron chi connectivity index (χ1n) is 9.80. The second kappa shape index (κ2) is 10.1. The minimum Gasteiger partial charge on any atom is -0.491 e. The standard InChI is InChI=1S/C22H30N4O2/c1-17(2)28-21-9-7-20(8-10-21)25-22(23)24-15-18-3-5-19(6-4-18)16-26-11-13-27-14-12-26/h3-10,17H,11-16H2,1-2H3,(H3,23,24,25). The number of morpholine rings is 1. The second-order valence-corrected chi connectivity index (χ2v) is 7.22. The quantitative estimate of drug-likeness (QED) is 0.568. The maximum atomic E-state index is 6.02. The van der Waals surface area contributed by atoms with Crippen molar-refractivity contribution in [3.05, 3.63) is 59.7 Å². The minimum atomic E-state index is 0.158. The molecule has 2 aromatic rings. The van der Waals surface area contributed by atoms with E-state index in [9.17, 15) is 0 Å². The van der Waals surface area contributed by atoms with Crippen LogP contribution in [0.15, 0.2) is 53.5 Å². The molecule has 6 heteroatoms. The van der Waals surface area contributed by atoms with Gasteiger partial charge in [-0.1, -0.05) is 24.3 Å². The molecular formula is C22H30N4O2. The third-order valence-electron chi connectivity index (χ3n) is 4.46. The lowest BCUT2D eigenvalue weighted by atomic mass is 10.1. The van der Waals surface area contributed by atoms with Gasteiger partial charge in [0.05, 0.1) is 25.9 Å². The van der Waals surface area contributed by atoms with Crippen LogP contribution in [-0.4, -0.2) is 43.3 Å². The molecule has 6 nitrogen and oxygen atoms in total. The molecule has 0 bridgehead atoms. The first-order valence-corrected chi connectivity index (χ1v) is 9.80. The molecule has 1 aliphatic rings. The lowest BCUT2D eigenvalue weighted by Gasteiger charge is -2.26. The number of nitrogens with zero attached hydrogens (tertiary/aromatic N) is 2. The predicted molar refractivity (Wildman–Crippen MR) is 114 cm³/mol. The fraction of sp³-hybridized carbons (Fsp3) is 0.409. The molecule has 28 heavy (non-hydrogen) atoms. The van der Waals surface area contributed by atoms with E-state index in [1.54, 1.807) is 0 Å². The number of nitrogens with one attached hydrogen (secondary N) is 1. The highest BCUT2D eigenvalue weighted by molar-refractivity contribution is 5.92. The highest BCUT2D eigenvalue weighted by atomic mass is 16.5. The van der Waals surface area contributed by atoms with Gasteiger partial charge >= 0.3 is 0 Å². The molecule has 0 amide bonds. The summed E-state index contributed by atoms with van der Waals surface area (Å²) in [5, 5.41) is 3.11. The van der Waals surface area contributed by atoms with Crippen molar-refractivity contribution in [3.8, 4) is 5.75 Å². The van der Waals surface area contributed by atoms with Gasteiger partial charge in [-0.2, -0.15) is 0 Å². The van der Waals surface area contributed by atoms with E-state index in [-0.39, 0.29) is 6.10 Å². The van der Waals surface area contributed by atoms with Crippen LogP contribution in [0.4, 0.5) is 5.69 Å². The molecule has 150 valence electrons. The van der Waals surface area contributed by atoms with Gasteiger partial charge < -0.3 is 20.5 Å². The first-order chi connectivity index (χ1) is 13.6. The van der Waals surface area contributed by atoms with E-state index < -0.39 is 0 Å². The van der Waals surface area contributed by atoms with Crippen LogP contribution in [0.1, 0.15) is 25.0 Å².